The van der Waals surface area contributed by atoms with Crippen molar-refractivity contribution in [2.45, 2.75) is 6.42 Å². The molecule has 0 radical (unpaired) electrons. The van der Waals surface area contributed by atoms with Crippen LogP contribution < -0.4 is 4.74 Å². The highest BCUT2D eigenvalue weighted by Gasteiger charge is 2.18. The van der Waals surface area contributed by atoms with Gasteiger partial charge in [-0.1, -0.05) is 0 Å². The molecule has 1 aliphatic heterocycles. The number of Topliss-reactive ketones (excluding diaryl/α,β-unsaturated/α-hetero) is 1. The normalized spacial score (nSPS) is 15.3. The van der Waals surface area contributed by atoms with Crippen molar-refractivity contribution in [1.82, 2.24) is 4.98 Å². The second kappa shape index (κ2) is 2.61. The number of hydrogen-bond donors (Lipinski definition) is 1. The molecule has 0 saturated carbocycles. The van der Waals surface area contributed by atoms with E-state index < -0.39 is 0 Å². The number of H-pyrrole nitrogens is 1. The van der Waals surface area contributed by atoms with Gasteiger partial charge in [-0.2, -0.15) is 0 Å². The van der Waals surface area contributed by atoms with Crippen LogP contribution in [0, 0.1) is 0 Å². The van der Waals surface area contributed by atoms with Crippen molar-refractivity contribution < 1.29 is 9.53 Å². The number of nitrogens with one attached hydrogen (secondary N) is 1. The molecule has 1 aromatic carbocycles. The molecule has 3 heteroatoms. The number of aromatic amines is 1. The summed E-state index contributed by atoms with van der Waals surface area (Å²) in [6.45, 7) is 0.498. The minimum Gasteiger partial charge on any atom is -0.492 e. The molecule has 3 rings (SSSR count). The highest BCUT2D eigenvalue weighted by molar-refractivity contribution is 6.03. The van der Waals surface area contributed by atoms with Crippen LogP contribution in [0.1, 0.15) is 16.8 Å². The van der Waals surface area contributed by atoms with Crippen LogP contribution >= 0.6 is 0 Å². The summed E-state index contributed by atoms with van der Waals surface area (Å²) in [4.78, 5) is 14.7. The van der Waals surface area contributed by atoms with E-state index in [0.29, 0.717) is 24.3 Å². The van der Waals surface area contributed by atoms with Gasteiger partial charge in [0, 0.05) is 29.6 Å². The van der Waals surface area contributed by atoms with Crippen molar-refractivity contribution in [3.63, 3.8) is 0 Å². The van der Waals surface area contributed by atoms with Gasteiger partial charge in [0.25, 0.3) is 0 Å². The topological polar surface area (TPSA) is 42.1 Å². The van der Waals surface area contributed by atoms with Gasteiger partial charge in [-0.05, 0) is 12.1 Å². The van der Waals surface area contributed by atoms with Gasteiger partial charge in [-0.15, -0.1) is 0 Å². The zero-order chi connectivity index (χ0) is 9.54. The predicted molar refractivity (Wildman–Crippen MR) is 52.7 cm³/mol. The molecule has 3 nitrogen and oxygen atoms in total. The van der Waals surface area contributed by atoms with Crippen molar-refractivity contribution in [3.8, 4) is 5.75 Å². The van der Waals surface area contributed by atoms with E-state index in [1.165, 1.54) is 0 Å². The third-order valence-electron chi connectivity index (χ3n) is 2.54. The van der Waals surface area contributed by atoms with Crippen LogP contribution in [0.3, 0.4) is 0 Å². The van der Waals surface area contributed by atoms with E-state index in [9.17, 15) is 4.79 Å². The quantitative estimate of drug-likeness (QED) is 0.686. The summed E-state index contributed by atoms with van der Waals surface area (Å²) in [5.74, 6) is 0.880. The first-order valence-electron chi connectivity index (χ1n) is 4.62. The lowest BCUT2D eigenvalue weighted by Crippen LogP contribution is -2.14. The van der Waals surface area contributed by atoms with Crippen molar-refractivity contribution in [2.24, 2.45) is 0 Å². The maximum Gasteiger partial charge on any atom is 0.170 e. The van der Waals surface area contributed by atoms with Gasteiger partial charge >= 0.3 is 0 Å². The average molecular weight is 187 g/mol. The number of aromatic nitrogens is 1. The van der Waals surface area contributed by atoms with Crippen LogP contribution in [0.5, 0.6) is 5.75 Å². The Hall–Kier alpha value is -1.77. The second-order valence-corrected chi connectivity index (χ2v) is 3.43. The zero-order valence-electron chi connectivity index (χ0n) is 7.54. The van der Waals surface area contributed by atoms with Gasteiger partial charge in [0.1, 0.15) is 5.75 Å². The second-order valence-electron chi connectivity index (χ2n) is 3.43. The molecule has 1 aromatic heterocycles. The van der Waals surface area contributed by atoms with E-state index in [4.69, 9.17) is 4.74 Å². The number of hydrogen-bond acceptors (Lipinski definition) is 2. The number of carbonyl (C=O) groups excluding carboxylic acids is 1. The van der Waals surface area contributed by atoms with Crippen LogP contribution in [0.4, 0.5) is 0 Å². The summed E-state index contributed by atoms with van der Waals surface area (Å²) < 4.78 is 5.43. The monoisotopic (exact) mass is 187 g/mol. The van der Waals surface area contributed by atoms with Gasteiger partial charge in [0.05, 0.1) is 12.2 Å². The molecule has 0 saturated heterocycles. The number of benzene rings is 1. The van der Waals surface area contributed by atoms with Crippen molar-refractivity contribution >= 4 is 16.7 Å². The molecule has 0 amide bonds. The lowest BCUT2D eigenvalue weighted by Gasteiger charge is -2.15. The van der Waals surface area contributed by atoms with Crippen molar-refractivity contribution in [1.29, 1.82) is 0 Å². The van der Waals surface area contributed by atoms with Crippen molar-refractivity contribution in [2.75, 3.05) is 6.61 Å². The summed E-state index contributed by atoms with van der Waals surface area (Å²) >= 11 is 0. The molecule has 1 aliphatic rings. The third kappa shape index (κ3) is 0.954. The zero-order valence-corrected chi connectivity index (χ0v) is 7.54. The Bertz CT molecular complexity index is 513. The molecule has 0 unspecified atom stereocenters. The van der Waals surface area contributed by atoms with E-state index >= 15 is 0 Å². The first-order valence-corrected chi connectivity index (χ1v) is 4.62. The fourth-order valence-corrected chi connectivity index (χ4v) is 1.81. The Morgan fingerprint density at radius 3 is 3.21 bits per heavy atom. The molecule has 0 fully saturated rings. The molecule has 70 valence electrons. The molecular formula is C11H9NO2. The van der Waals surface area contributed by atoms with Gasteiger partial charge in [-0.25, -0.2) is 0 Å². The lowest BCUT2D eigenvalue weighted by molar-refractivity contribution is 0.0934. The standard InChI is InChI=1S/C11H9NO2/c13-10-2-4-14-11-6-9-7(1-3-12-9)5-8(10)11/h1,3,5-6,12H,2,4H2. The molecule has 0 atom stereocenters. The summed E-state index contributed by atoms with van der Waals surface area (Å²) in [6.07, 6.45) is 2.35. The first kappa shape index (κ1) is 7.62. The fourth-order valence-electron chi connectivity index (χ4n) is 1.81. The van der Waals surface area contributed by atoms with Crippen molar-refractivity contribution in [3.05, 3.63) is 30.0 Å². The Morgan fingerprint density at radius 2 is 2.29 bits per heavy atom. The summed E-state index contributed by atoms with van der Waals surface area (Å²) in [5.41, 5.74) is 1.72. The van der Waals surface area contributed by atoms with Crippen LogP contribution in [0.15, 0.2) is 24.4 Å². The van der Waals surface area contributed by atoms with E-state index in [2.05, 4.69) is 4.98 Å². The molecule has 2 heterocycles. The predicted octanol–water partition coefficient (Wildman–Crippen LogP) is 2.13. The van der Waals surface area contributed by atoms with Crippen LogP contribution in [-0.2, 0) is 0 Å². The van der Waals surface area contributed by atoms with Gasteiger partial charge in [0.2, 0.25) is 0 Å². The molecule has 2 aromatic rings. The molecule has 0 aliphatic carbocycles. The SMILES string of the molecule is O=C1CCOc2cc3[nH]ccc3cc21. The molecule has 14 heavy (non-hydrogen) atoms. The number of rotatable bonds is 0. The summed E-state index contributed by atoms with van der Waals surface area (Å²) in [5, 5.41) is 1.06. The lowest BCUT2D eigenvalue weighted by atomic mass is 10.0. The molecular weight excluding hydrogens is 178 g/mol. The number of carbonyl (C=O) groups is 1. The fraction of sp³-hybridized carbons (Fsp3) is 0.182. The van der Waals surface area contributed by atoms with Gasteiger partial charge in [0.15, 0.2) is 5.78 Å². The minimum absolute atomic E-state index is 0.175. The van der Waals surface area contributed by atoms with Gasteiger partial charge < -0.3 is 9.72 Å². The summed E-state index contributed by atoms with van der Waals surface area (Å²) in [7, 11) is 0. The number of ketones is 1. The van der Waals surface area contributed by atoms with Crippen LogP contribution in [0.2, 0.25) is 0 Å². The Morgan fingerprint density at radius 1 is 1.36 bits per heavy atom. The number of ether oxygens (including phenoxy) is 1. The Kier molecular flexibility index (Phi) is 1.42. The average Bonchev–Trinajstić information content (AvgIpc) is 2.62. The van der Waals surface area contributed by atoms with Crippen LogP contribution in [0.25, 0.3) is 10.9 Å². The maximum atomic E-state index is 11.6. The first-order chi connectivity index (χ1) is 6.84. The highest BCUT2D eigenvalue weighted by atomic mass is 16.5. The van der Waals surface area contributed by atoms with E-state index in [0.717, 1.165) is 10.9 Å². The number of fused-ring (bicyclic) bond motifs is 2. The molecule has 0 bridgehead atoms. The largest absolute Gasteiger partial charge is 0.492 e. The van der Waals surface area contributed by atoms with Crippen LogP contribution in [-0.4, -0.2) is 17.4 Å². The summed E-state index contributed by atoms with van der Waals surface area (Å²) in [6, 6.07) is 5.74. The van der Waals surface area contributed by atoms with E-state index in [1.807, 2.05) is 24.4 Å². The molecule has 1 N–H and O–H groups in total. The van der Waals surface area contributed by atoms with E-state index in [1.54, 1.807) is 0 Å². The Labute approximate surface area is 80.7 Å². The minimum atomic E-state index is 0.175. The third-order valence-corrected chi connectivity index (χ3v) is 2.54. The van der Waals surface area contributed by atoms with Gasteiger partial charge in [-0.3, -0.25) is 4.79 Å². The molecule has 0 spiro atoms. The highest BCUT2D eigenvalue weighted by Crippen LogP contribution is 2.29. The van der Waals surface area contributed by atoms with E-state index in [-0.39, 0.29) is 5.78 Å². The Balaban J connectivity index is 2.32. The maximum absolute atomic E-state index is 11.6. The smallest absolute Gasteiger partial charge is 0.170 e.